The van der Waals surface area contributed by atoms with Gasteiger partial charge < -0.3 is 10.2 Å². The zero-order chi connectivity index (χ0) is 12.8. The van der Waals surface area contributed by atoms with Crippen LogP contribution in [0.1, 0.15) is 45.1 Å². The van der Waals surface area contributed by atoms with Crippen LogP contribution in [0, 0.1) is 0 Å². The van der Waals surface area contributed by atoms with Gasteiger partial charge in [-0.2, -0.15) is 0 Å². The second kappa shape index (κ2) is 6.69. The van der Waals surface area contributed by atoms with E-state index in [9.17, 15) is 0 Å². The third-order valence-corrected chi connectivity index (χ3v) is 3.39. The van der Waals surface area contributed by atoms with Crippen molar-refractivity contribution in [3.63, 3.8) is 0 Å². The molecule has 4 heteroatoms. The van der Waals surface area contributed by atoms with Crippen LogP contribution in [0.5, 0.6) is 0 Å². The van der Waals surface area contributed by atoms with Crippen LogP contribution in [0.15, 0.2) is 12.5 Å². The van der Waals surface area contributed by atoms with Gasteiger partial charge in [0.1, 0.15) is 12.1 Å². The highest BCUT2D eigenvalue weighted by molar-refractivity contribution is 5.45. The third kappa shape index (κ3) is 3.67. The molecule has 1 heterocycles. The first-order valence-corrected chi connectivity index (χ1v) is 7.12. The van der Waals surface area contributed by atoms with Crippen molar-refractivity contribution in [1.29, 1.82) is 0 Å². The molecule has 0 aromatic carbocycles. The number of rotatable bonds is 8. The van der Waals surface area contributed by atoms with Gasteiger partial charge in [0.25, 0.3) is 0 Å². The summed E-state index contributed by atoms with van der Waals surface area (Å²) in [5, 5.41) is 3.54. The van der Waals surface area contributed by atoms with E-state index in [1.165, 1.54) is 31.2 Å². The smallest absolute Gasteiger partial charge is 0.136 e. The van der Waals surface area contributed by atoms with E-state index in [1.54, 1.807) is 6.33 Å². The second-order valence-corrected chi connectivity index (χ2v) is 4.96. The highest BCUT2D eigenvalue weighted by Crippen LogP contribution is 2.21. The average Bonchev–Trinajstić information content (AvgIpc) is 3.22. The topological polar surface area (TPSA) is 41.1 Å². The number of hydrogen-bond acceptors (Lipinski definition) is 4. The average molecular weight is 248 g/mol. The predicted molar refractivity (Wildman–Crippen MR) is 74.7 cm³/mol. The van der Waals surface area contributed by atoms with Crippen molar-refractivity contribution in [3.8, 4) is 0 Å². The second-order valence-electron chi connectivity index (χ2n) is 4.96. The Bertz CT molecular complexity index is 363. The van der Waals surface area contributed by atoms with Crippen molar-refractivity contribution in [2.24, 2.45) is 0 Å². The van der Waals surface area contributed by atoms with Crippen LogP contribution in [0.4, 0.5) is 5.82 Å². The largest absolute Gasteiger partial charge is 0.357 e. The normalized spacial score (nSPS) is 14.8. The first kappa shape index (κ1) is 13.3. The fourth-order valence-electron chi connectivity index (χ4n) is 2.07. The van der Waals surface area contributed by atoms with Gasteiger partial charge in [0.05, 0.1) is 0 Å². The highest BCUT2D eigenvalue weighted by atomic mass is 15.2. The summed E-state index contributed by atoms with van der Waals surface area (Å²) < 4.78 is 0. The molecule has 1 aromatic heterocycles. The molecule has 0 aliphatic heterocycles. The molecule has 0 spiro atoms. The van der Waals surface area contributed by atoms with Crippen molar-refractivity contribution in [1.82, 2.24) is 15.3 Å². The Balaban J connectivity index is 2.02. The number of anilines is 1. The summed E-state index contributed by atoms with van der Waals surface area (Å²) in [6.45, 7) is 7.40. The summed E-state index contributed by atoms with van der Waals surface area (Å²) >= 11 is 0. The number of nitrogens with zero attached hydrogens (tertiary/aromatic N) is 3. The van der Waals surface area contributed by atoms with E-state index in [4.69, 9.17) is 0 Å². The van der Waals surface area contributed by atoms with E-state index in [2.05, 4.69) is 34.0 Å². The quantitative estimate of drug-likeness (QED) is 0.767. The highest BCUT2D eigenvalue weighted by Gasteiger charge is 2.21. The van der Waals surface area contributed by atoms with Crippen LogP contribution < -0.4 is 10.2 Å². The van der Waals surface area contributed by atoms with Gasteiger partial charge in [-0.15, -0.1) is 0 Å². The summed E-state index contributed by atoms with van der Waals surface area (Å²) in [5.74, 6) is 1.11. The van der Waals surface area contributed by atoms with E-state index in [0.717, 1.165) is 31.5 Å². The van der Waals surface area contributed by atoms with E-state index >= 15 is 0 Å². The fraction of sp³-hybridized carbons (Fsp3) is 0.714. The van der Waals surface area contributed by atoms with E-state index in [1.807, 2.05) is 6.20 Å². The van der Waals surface area contributed by atoms with Crippen molar-refractivity contribution in [2.45, 2.75) is 52.1 Å². The van der Waals surface area contributed by atoms with Crippen LogP contribution in [-0.4, -0.2) is 29.1 Å². The lowest BCUT2D eigenvalue weighted by Gasteiger charge is -2.24. The molecule has 1 aliphatic rings. The molecule has 18 heavy (non-hydrogen) atoms. The van der Waals surface area contributed by atoms with Gasteiger partial charge in [-0.25, -0.2) is 9.97 Å². The van der Waals surface area contributed by atoms with Crippen molar-refractivity contribution < 1.29 is 0 Å². The third-order valence-electron chi connectivity index (χ3n) is 3.39. The molecular weight excluding hydrogens is 224 g/mol. The van der Waals surface area contributed by atoms with Crippen LogP contribution in [-0.2, 0) is 6.54 Å². The molecule has 0 atom stereocenters. The van der Waals surface area contributed by atoms with Gasteiger partial charge in [-0.3, -0.25) is 0 Å². The zero-order valence-corrected chi connectivity index (χ0v) is 11.5. The predicted octanol–water partition coefficient (Wildman–Crippen LogP) is 2.36. The lowest BCUT2D eigenvalue weighted by atomic mass is 10.2. The number of aromatic nitrogens is 2. The monoisotopic (exact) mass is 248 g/mol. The van der Waals surface area contributed by atoms with Gasteiger partial charge >= 0.3 is 0 Å². The molecule has 100 valence electrons. The SMILES string of the molecule is CCCCN(CC)c1ncncc1CNC1CC1. The van der Waals surface area contributed by atoms with Crippen LogP contribution in [0.25, 0.3) is 0 Å². The molecule has 0 saturated heterocycles. The summed E-state index contributed by atoms with van der Waals surface area (Å²) in [6.07, 6.45) is 8.67. The maximum atomic E-state index is 4.48. The summed E-state index contributed by atoms with van der Waals surface area (Å²) in [6, 6.07) is 0.726. The van der Waals surface area contributed by atoms with Crippen LogP contribution in [0.3, 0.4) is 0 Å². The maximum Gasteiger partial charge on any atom is 0.136 e. The zero-order valence-electron chi connectivity index (χ0n) is 11.5. The minimum absolute atomic E-state index is 0.726. The van der Waals surface area contributed by atoms with Gasteiger partial charge in [-0.05, 0) is 26.2 Å². The van der Waals surface area contributed by atoms with Crippen molar-refractivity contribution >= 4 is 5.82 Å². The van der Waals surface area contributed by atoms with Gasteiger partial charge in [0.15, 0.2) is 0 Å². The lowest BCUT2D eigenvalue weighted by Crippen LogP contribution is -2.27. The molecule has 1 aromatic rings. The van der Waals surface area contributed by atoms with E-state index < -0.39 is 0 Å². The molecule has 1 aliphatic carbocycles. The fourth-order valence-corrected chi connectivity index (χ4v) is 2.07. The van der Waals surface area contributed by atoms with Crippen molar-refractivity contribution in [3.05, 3.63) is 18.1 Å². The standard InChI is InChI=1S/C14H24N4/c1-3-5-8-18(4-2)14-12(9-15-11-17-14)10-16-13-6-7-13/h9,11,13,16H,3-8,10H2,1-2H3. The lowest BCUT2D eigenvalue weighted by molar-refractivity contribution is 0.670. The Morgan fingerprint density at radius 2 is 2.22 bits per heavy atom. The minimum atomic E-state index is 0.726. The molecule has 0 radical (unpaired) electrons. The number of hydrogen-bond donors (Lipinski definition) is 1. The molecule has 1 N–H and O–H groups in total. The Labute approximate surface area is 110 Å². The summed E-state index contributed by atoms with van der Waals surface area (Å²) in [7, 11) is 0. The maximum absolute atomic E-state index is 4.48. The Hall–Kier alpha value is -1.16. The molecule has 1 saturated carbocycles. The molecular formula is C14H24N4. The molecule has 0 bridgehead atoms. The molecule has 4 nitrogen and oxygen atoms in total. The van der Waals surface area contributed by atoms with Crippen molar-refractivity contribution in [2.75, 3.05) is 18.0 Å². The van der Waals surface area contributed by atoms with E-state index in [0.29, 0.717) is 0 Å². The van der Waals surface area contributed by atoms with Crippen LogP contribution in [0.2, 0.25) is 0 Å². The molecule has 1 fully saturated rings. The number of unbranched alkanes of at least 4 members (excludes halogenated alkanes) is 1. The van der Waals surface area contributed by atoms with E-state index in [-0.39, 0.29) is 0 Å². The molecule has 2 rings (SSSR count). The van der Waals surface area contributed by atoms with Gasteiger partial charge in [0, 0.05) is 37.4 Å². The molecule has 0 amide bonds. The Morgan fingerprint density at radius 3 is 2.89 bits per heavy atom. The summed E-state index contributed by atoms with van der Waals surface area (Å²) in [4.78, 5) is 11.0. The van der Waals surface area contributed by atoms with Gasteiger partial charge in [-0.1, -0.05) is 13.3 Å². The molecule has 0 unspecified atom stereocenters. The Kier molecular flexibility index (Phi) is 4.93. The first-order valence-electron chi connectivity index (χ1n) is 7.12. The van der Waals surface area contributed by atoms with Crippen LogP contribution >= 0.6 is 0 Å². The van der Waals surface area contributed by atoms with Gasteiger partial charge in [0.2, 0.25) is 0 Å². The minimum Gasteiger partial charge on any atom is -0.357 e. The Morgan fingerprint density at radius 1 is 1.39 bits per heavy atom. The first-order chi connectivity index (χ1) is 8.85. The summed E-state index contributed by atoms with van der Waals surface area (Å²) in [5.41, 5.74) is 1.22. The number of nitrogens with one attached hydrogen (secondary N) is 1.